The number of carbonyl (C=O) groups is 2. The Labute approximate surface area is 99.5 Å². The molecule has 3 N–H and O–H groups in total. The predicted molar refractivity (Wildman–Crippen MR) is 60.4 cm³/mol. The molecule has 1 unspecified atom stereocenters. The Morgan fingerprint density at radius 3 is 2.41 bits per heavy atom. The number of amides is 2. The fraction of sp³-hybridized carbons (Fsp3) is 0.778. The van der Waals surface area contributed by atoms with E-state index in [0.29, 0.717) is 0 Å². The van der Waals surface area contributed by atoms with Gasteiger partial charge in [-0.05, 0) is 18.8 Å². The lowest BCUT2D eigenvalue weighted by molar-refractivity contribution is -0.139. The second kappa shape index (κ2) is 5.35. The number of rotatable bonds is 6. The zero-order valence-electron chi connectivity index (χ0n) is 9.47. The molecule has 8 heteroatoms. The van der Waals surface area contributed by atoms with Crippen LogP contribution in [0.2, 0.25) is 0 Å². The summed E-state index contributed by atoms with van der Waals surface area (Å²) in [5.74, 6) is -1.24. The molecule has 1 atom stereocenters. The van der Waals surface area contributed by atoms with Crippen LogP contribution in [0.3, 0.4) is 0 Å². The lowest BCUT2D eigenvalue weighted by Crippen LogP contribution is -2.48. The Bertz CT molecular complexity index is 402. The molecule has 98 valence electrons. The molecule has 17 heavy (non-hydrogen) atoms. The topological polar surface area (TPSA) is 113 Å². The monoisotopic (exact) mass is 264 g/mol. The maximum Gasteiger partial charge on any atom is 0.326 e. The number of urea groups is 1. The van der Waals surface area contributed by atoms with Gasteiger partial charge in [-0.2, -0.15) is 0 Å². The molecule has 0 spiro atoms. The number of hydrogen-bond acceptors (Lipinski definition) is 4. The standard InChI is InChI=1S/C9H16N2O5S/c1-17(15,16)5-4-10-9(14)11-7(8(12)13)6-2-3-6/h6-7H,2-5H2,1H3,(H,12,13)(H2,10,11,14). The molecule has 1 saturated carbocycles. The van der Waals surface area contributed by atoms with Gasteiger partial charge in [0.1, 0.15) is 15.9 Å². The molecular formula is C9H16N2O5S. The van der Waals surface area contributed by atoms with E-state index in [0.717, 1.165) is 19.1 Å². The summed E-state index contributed by atoms with van der Waals surface area (Å²) in [6.45, 7) is -0.0261. The average Bonchev–Trinajstić information content (AvgIpc) is 2.94. The summed E-state index contributed by atoms with van der Waals surface area (Å²) >= 11 is 0. The third kappa shape index (κ3) is 5.53. The first-order valence-corrected chi connectivity index (χ1v) is 7.30. The van der Waals surface area contributed by atoms with Crippen LogP contribution in [0.4, 0.5) is 4.79 Å². The summed E-state index contributed by atoms with van der Waals surface area (Å²) in [4.78, 5) is 22.1. The van der Waals surface area contributed by atoms with Crippen molar-refractivity contribution >= 4 is 21.8 Å². The minimum atomic E-state index is -3.13. The molecule has 0 radical (unpaired) electrons. The van der Waals surface area contributed by atoms with Crippen molar-refractivity contribution in [3.8, 4) is 0 Å². The Kier molecular flexibility index (Phi) is 4.33. The van der Waals surface area contributed by atoms with Gasteiger partial charge in [-0.25, -0.2) is 18.0 Å². The lowest BCUT2D eigenvalue weighted by atomic mass is 10.2. The van der Waals surface area contributed by atoms with Gasteiger partial charge in [-0.15, -0.1) is 0 Å². The molecule has 1 fully saturated rings. The summed E-state index contributed by atoms with van der Waals surface area (Å²) in [5.41, 5.74) is 0. The SMILES string of the molecule is CS(=O)(=O)CCNC(=O)NC(C(=O)O)C1CC1. The molecule has 0 saturated heterocycles. The van der Waals surface area contributed by atoms with Gasteiger partial charge in [0.05, 0.1) is 5.75 Å². The van der Waals surface area contributed by atoms with Crippen molar-refractivity contribution in [2.45, 2.75) is 18.9 Å². The predicted octanol–water partition coefficient (Wildman–Crippen LogP) is -0.807. The highest BCUT2D eigenvalue weighted by Crippen LogP contribution is 2.32. The van der Waals surface area contributed by atoms with Gasteiger partial charge in [0.25, 0.3) is 0 Å². The van der Waals surface area contributed by atoms with Gasteiger partial charge in [0.2, 0.25) is 0 Å². The zero-order chi connectivity index (χ0) is 13.1. The van der Waals surface area contributed by atoms with Gasteiger partial charge in [-0.1, -0.05) is 0 Å². The van der Waals surface area contributed by atoms with Crippen LogP contribution in [-0.4, -0.2) is 50.1 Å². The summed E-state index contributed by atoms with van der Waals surface area (Å²) in [6.07, 6.45) is 2.65. The molecule has 0 aromatic carbocycles. The molecule has 1 aliphatic rings. The van der Waals surface area contributed by atoms with E-state index in [9.17, 15) is 18.0 Å². The van der Waals surface area contributed by atoms with Gasteiger partial charge in [0.15, 0.2) is 0 Å². The van der Waals surface area contributed by atoms with Crippen LogP contribution in [-0.2, 0) is 14.6 Å². The maximum atomic E-state index is 11.3. The molecule has 7 nitrogen and oxygen atoms in total. The Morgan fingerprint density at radius 1 is 1.41 bits per heavy atom. The first-order valence-electron chi connectivity index (χ1n) is 5.24. The number of sulfone groups is 1. The van der Waals surface area contributed by atoms with Gasteiger partial charge in [0, 0.05) is 12.8 Å². The van der Waals surface area contributed by atoms with Gasteiger partial charge < -0.3 is 15.7 Å². The Balaban J connectivity index is 2.30. The first-order chi connectivity index (χ1) is 7.79. The van der Waals surface area contributed by atoms with Crippen molar-refractivity contribution in [1.29, 1.82) is 0 Å². The zero-order valence-corrected chi connectivity index (χ0v) is 10.3. The van der Waals surface area contributed by atoms with Crippen LogP contribution in [0.5, 0.6) is 0 Å². The van der Waals surface area contributed by atoms with E-state index in [4.69, 9.17) is 5.11 Å². The number of carbonyl (C=O) groups excluding carboxylic acids is 1. The molecule has 2 amide bonds. The van der Waals surface area contributed by atoms with Crippen molar-refractivity contribution < 1.29 is 23.1 Å². The molecule has 0 bridgehead atoms. The van der Waals surface area contributed by atoms with Crippen LogP contribution >= 0.6 is 0 Å². The van der Waals surface area contributed by atoms with Crippen molar-refractivity contribution in [2.75, 3.05) is 18.6 Å². The first kappa shape index (κ1) is 13.8. The van der Waals surface area contributed by atoms with E-state index in [1.807, 2.05) is 0 Å². The normalized spacial score (nSPS) is 17.2. The van der Waals surface area contributed by atoms with E-state index in [1.165, 1.54) is 0 Å². The van der Waals surface area contributed by atoms with E-state index >= 15 is 0 Å². The lowest BCUT2D eigenvalue weighted by Gasteiger charge is -2.13. The van der Waals surface area contributed by atoms with Crippen LogP contribution in [0, 0.1) is 5.92 Å². The third-order valence-electron chi connectivity index (χ3n) is 2.40. The van der Waals surface area contributed by atoms with E-state index < -0.39 is 27.9 Å². The molecule has 0 heterocycles. The van der Waals surface area contributed by atoms with Gasteiger partial charge >= 0.3 is 12.0 Å². The Hall–Kier alpha value is -1.31. The quantitative estimate of drug-likeness (QED) is 0.581. The van der Waals surface area contributed by atoms with Crippen LogP contribution in [0.15, 0.2) is 0 Å². The highest BCUT2D eigenvalue weighted by molar-refractivity contribution is 7.90. The summed E-state index contributed by atoms with van der Waals surface area (Å²) in [5, 5.41) is 13.5. The van der Waals surface area contributed by atoms with Crippen molar-refractivity contribution in [1.82, 2.24) is 10.6 Å². The number of carboxylic acid groups (broad SMARTS) is 1. The fourth-order valence-corrected chi connectivity index (χ4v) is 1.83. The molecule has 0 aromatic rings. The third-order valence-corrected chi connectivity index (χ3v) is 3.35. The maximum absolute atomic E-state index is 11.3. The largest absolute Gasteiger partial charge is 0.480 e. The average molecular weight is 264 g/mol. The molecule has 0 aliphatic heterocycles. The highest BCUT2D eigenvalue weighted by atomic mass is 32.2. The second-order valence-electron chi connectivity index (χ2n) is 4.18. The molecule has 0 aromatic heterocycles. The Morgan fingerprint density at radius 2 is 2.00 bits per heavy atom. The number of nitrogens with one attached hydrogen (secondary N) is 2. The number of carboxylic acids is 1. The summed E-state index contributed by atoms with van der Waals surface area (Å²) in [6, 6.07) is -1.53. The minimum Gasteiger partial charge on any atom is -0.480 e. The highest BCUT2D eigenvalue weighted by Gasteiger charge is 2.37. The van der Waals surface area contributed by atoms with Crippen LogP contribution < -0.4 is 10.6 Å². The van der Waals surface area contributed by atoms with Crippen molar-refractivity contribution in [2.24, 2.45) is 5.92 Å². The van der Waals surface area contributed by atoms with E-state index in [1.54, 1.807) is 0 Å². The van der Waals surface area contributed by atoms with Crippen molar-refractivity contribution in [3.05, 3.63) is 0 Å². The van der Waals surface area contributed by atoms with Crippen molar-refractivity contribution in [3.63, 3.8) is 0 Å². The van der Waals surface area contributed by atoms with E-state index in [2.05, 4.69) is 10.6 Å². The van der Waals surface area contributed by atoms with Crippen LogP contribution in [0.25, 0.3) is 0 Å². The van der Waals surface area contributed by atoms with Gasteiger partial charge in [-0.3, -0.25) is 0 Å². The van der Waals surface area contributed by atoms with Crippen LogP contribution in [0.1, 0.15) is 12.8 Å². The second-order valence-corrected chi connectivity index (χ2v) is 6.44. The molecular weight excluding hydrogens is 248 g/mol. The minimum absolute atomic E-state index is 0.00634. The number of hydrogen-bond donors (Lipinski definition) is 3. The smallest absolute Gasteiger partial charge is 0.326 e. The van der Waals surface area contributed by atoms with E-state index in [-0.39, 0.29) is 18.2 Å². The summed E-state index contributed by atoms with van der Waals surface area (Å²) < 4.78 is 21.6. The number of aliphatic carboxylic acids is 1. The molecule has 1 rings (SSSR count). The molecule has 1 aliphatic carbocycles. The summed E-state index contributed by atoms with van der Waals surface area (Å²) in [7, 11) is -3.13. The fourth-order valence-electron chi connectivity index (χ4n) is 1.35.